The SMILES string of the molecule is CC(C)[C@H]1Nc2ccccc2C(=O)N1CCC(=O)Nc1nc2ccccc2[nH]1. The van der Waals surface area contributed by atoms with Crippen LogP contribution in [0.4, 0.5) is 11.6 Å². The van der Waals surface area contributed by atoms with E-state index >= 15 is 0 Å². The summed E-state index contributed by atoms with van der Waals surface area (Å²) in [5.41, 5.74) is 3.14. The van der Waals surface area contributed by atoms with Crippen LogP contribution < -0.4 is 10.6 Å². The number of nitrogens with one attached hydrogen (secondary N) is 3. The lowest BCUT2D eigenvalue weighted by Crippen LogP contribution is -2.52. The Morgan fingerprint density at radius 2 is 1.93 bits per heavy atom. The number of para-hydroxylation sites is 3. The van der Waals surface area contributed by atoms with Crippen LogP contribution in [0.15, 0.2) is 48.5 Å². The molecular formula is C21H23N5O2. The first-order valence-corrected chi connectivity index (χ1v) is 9.44. The minimum Gasteiger partial charge on any atom is -0.364 e. The third-order valence-electron chi connectivity index (χ3n) is 4.92. The fourth-order valence-corrected chi connectivity index (χ4v) is 3.51. The Morgan fingerprint density at radius 1 is 1.18 bits per heavy atom. The van der Waals surface area contributed by atoms with E-state index < -0.39 is 0 Å². The Morgan fingerprint density at radius 3 is 2.71 bits per heavy atom. The van der Waals surface area contributed by atoms with Crippen molar-refractivity contribution in [3.8, 4) is 0 Å². The predicted octanol–water partition coefficient (Wildman–Crippen LogP) is 3.44. The molecule has 1 aliphatic heterocycles. The van der Waals surface area contributed by atoms with Gasteiger partial charge in [-0.3, -0.25) is 14.9 Å². The van der Waals surface area contributed by atoms with Crippen LogP contribution in [-0.2, 0) is 4.79 Å². The Balaban J connectivity index is 1.45. The Bertz CT molecular complexity index is 993. The first-order chi connectivity index (χ1) is 13.5. The number of carbonyl (C=O) groups excluding carboxylic acids is 2. The van der Waals surface area contributed by atoms with E-state index in [9.17, 15) is 9.59 Å². The fraction of sp³-hybridized carbons (Fsp3) is 0.286. The summed E-state index contributed by atoms with van der Waals surface area (Å²) in [4.78, 5) is 34.6. The number of hydrogen-bond donors (Lipinski definition) is 3. The molecule has 3 N–H and O–H groups in total. The molecule has 0 saturated carbocycles. The fourth-order valence-electron chi connectivity index (χ4n) is 3.51. The molecule has 3 aromatic rings. The van der Waals surface area contributed by atoms with Crippen LogP contribution in [0.2, 0.25) is 0 Å². The number of aromatic amines is 1. The summed E-state index contributed by atoms with van der Waals surface area (Å²) in [5.74, 6) is 0.383. The molecule has 7 nitrogen and oxygen atoms in total. The van der Waals surface area contributed by atoms with Gasteiger partial charge in [0, 0.05) is 18.7 Å². The van der Waals surface area contributed by atoms with Gasteiger partial charge >= 0.3 is 0 Å². The number of hydrogen-bond acceptors (Lipinski definition) is 4. The molecule has 1 aliphatic rings. The normalized spacial score (nSPS) is 16.2. The summed E-state index contributed by atoms with van der Waals surface area (Å²) in [6, 6.07) is 15.1. The number of nitrogens with zero attached hydrogens (tertiary/aromatic N) is 2. The second-order valence-electron chi connectivity index (χ2n) is 7.28. The maximum atomic E-state index is 13.0. The van der Waals surface area contributed by atoms with Gasteiger partial charge in [0.1, 0.15) is 6.17 Å². The van der Waals surface area contributed by atoms with Gasteiger partial charge in [-0.05, 0) is 30.2 Å². The van der Waals surface area contributed by atoms with E-state index in [2.05, 4.69) is 34.4 Å². The molecule has 2 aromatic carbocycles. The molecule has 0 saturated heterocycles. The topological polar surface area (TPSA) is 90.1 Å². The number of amides is 2. The molecule has 28 heavy (non-hydrogen) atoms. The van der Waals surface area contributed by atoms with Gasteiger partial charge in [0.05, 0.1) is 16.6 Å². The Labute approximate surface area is 163 Å². The lowest BCUT2D eigenvalue weighted by Gasteiger charge is -2.40. The molecular weight excluding hydrogens is 354 g/mol. The number of fused-ring (bicyclic) bond motifs is 2. The molecule has 0 spiro atoms. The van der Waals surface area contributed by atoms with Crippen molar-refractivity contribution in [3.05, 3.63) is 54.1 Å². The van der Waals surface area contributed by atoms with Crippen molar-refractivity contribution in [1.29, 1.82) is 0 Å². The third-order valence-corrected chi connectivity index (χ3v) is 4.92. The highest BCUT2D eigenvalue weighted by molar-refractivity contribution is 6.02. The number of anilines is 2. The molecule has 1 aromatic heterocycles. The number of aromatic nitrogens is 2. The van der Waals surface area contributed by atoms with Gasteiger partial charge in [-0.1, -0.05) is 38.1 Å². The average molecular weight is 377 g/mol. The quantitative estimate of drug-likeness (QED) is 0.635. The predicted molar refractivity (Wildman–Crippen MR) is 109 cm³/mol. The average Bonchev–Trinajstić information content (AvgIpc) is 3.09. The molecule has 2 heterocycles. The lowest BCUT2D eigenvalue weighted by atomic mass is 10.0. The van der Waals surface area contributed by atoms with E-state index in [4.69, 9.17) is 0 Å². The second kappa shape index (κ2) is 7.34. The van der Waals surface area contributed by atoms with Gasteiger partial charge in [-0.2, -0.15) is 0 Å². The monoisotopic (exact) mass is 377 g/mol. The third kappa shape index (κ3) is 3.43. The van der Waals surface area contributed by atoms with E-state index in [1.807, 2.05) is 48.5 Å². The molecule has 2 amide bonds. The zero-order valence-electron chi connectivity index (χ0n) is 15.9. The van der Waals surface area contributed by atoms with Crippen LogP contribution in [0.1, 0.15) is 30.6 Å². The summed E-state index contributed by atoms with van der Waals surface area (Å²) in [6.45, 7) is 4.44. The highest BCUT2D eigenvalue weighted by Gasteiger charge is 2.33. The molecule has 144 valence electrons. The Hall–Kier alpha value is -3.35. The maximum Gasteiger partial charge on any atom is 0.257 e. The van der Waals surface area contributed by atoms with E-state index in [0.717, 1.165) is 16.7 Å². The van der Waals surface area contributed by atoms with Gasteiger partial charge in [0.15, 0.2) is 0 Å². The maximum absolute atomic E-state index is 13.0. The van der Waals surface area contributed by atoms with Crippen LogP contribution in [0, 0.1) is 5.92 Å². The number of H-pyrrole nitrogens is 1. The van der Waals surface area contributed by atoms with Crippen molar-refractivity contribution in [2.24, 2.45) is 5.92 Å². The summed E-state index contributed by atoms with van der Waals surface area (Å²) in [5, 5.41) is 6.21. The van der Waals surface area contributed by atoms with Crippen LogP contribution in [-0.4, -0.2) is 39.4 Å². The summed E-state index contributed by atoms with van der Waals surface area (Å²) in [7, 11) is 0. The van der Waals surface area contributed by atoms with Gasteiger partial charge < -0.3 is 15.2 Å². The van der Waals surface area contributed by atoms with Crippen LogP contribution in [0.5, 0.6) is 0 Å². The first kappa shape index (κ1) is 18.0. The van der Waals surface area contributed by atoms with E-state index in [-0.39, 0.29) is 30.3 Å². The first-order valence-electron chi connectivity index (χ1n) is 9.44. The minimum atomic E-state index is -0.187. The molecule has 0 fully saturated rings. The number of rotatable bonds is 5. The van der Waals surface area contributed by atoms with Crippen LogP contribution in [0.3, 0.4) is 0 Å². The number of carbonyl (C=O) groups is 2. The summed E-state index contributed by atoms with van der Waals surface area (Å²) < 4.78 is 0. The largest absolute Gasteiger partial charge is 0.364 e. The lowest BCUT2D eigenvalue weighted by molar-refractivity contribution is -0.116. The van der Waals surface area contributed by atoms with Crippen molar-refractivity contribution < 1.29 is 9.59 Å². The summed E-state index contributed by atoms with van der Waals surface area (Å²) >= 11 is 0. The summed E-state index contributed by atoms with van der Waals surface area (Å²) in [6.07, 6.45) is 0.0388. The molecule has 7 heteroatoms. The van der Waals surface area contributed by atoms with Gasteiger partial charge in [-0.25, -0.2) is 4.98 Å². The Kier molecular flexibility index (Phi) is 4.73. The van der Waals surface area contributed by atoms with Crippen molar-refractivity contribution in [3.63, 3.8) is 0 Å². The minimum absolute atomic E-state index is 0.0513. The molecule has 0 radical (unpaired) electrons. The standard InChI is InChI=1S/C21H23N5O2/c1-13(2)19-22-15-8-4-3-7-14(15)20(28)26(19)12-11-18(27)25-21-23-16-9-5-6-10-17(16)24-21/h3-10,13,19,22H,11-12H2,1-2H3,(H2,23,24,25,27)/t19-/m0/s1. The van der Waals surface area contributed by atoms with Gasteiger partial charge in [0.2, 0.25) is 11.9 Å². The molecule has 0 unspecified atom stereocenters. The van der Waals surface area contributed by atoms with Crippen LogP contribution in [0.25, 0.3) is 11.0 Å². The van der Waals surface area contributed by atoms with E-state index in [0.29, 0.717) is 18.1 Å². The van der Waals surface area contributed by atoms with Gasteiger partial charge in [0.25, 0.3) is 5.91 Å². The zero-order valence-corrected chi connectivity index (χ0v) is 15.9. The van der Waals surface area contributed by atoms with E-state index in [1.54, 1.807) is 4.90 Å². The smallest absolute Gasteiger partial charge is 0.257 e. The zero-order chi connectivity index (χ0) is 19.7. The highest BCUT2D eigenvalue weighted by Crippen LogP contribution is 2.28. The highest BCUT2D eigenvalue weighted by atomic mass is 16.2. The molecule has 0 bridgehead atoms. The van der Waals surface area contributed by atoms with Crippen molar-refractivity contribution in [2.45, 2.75) is 26.4 Å². The van der Waals surface area contributed by atoms with Gasteiger partial charge in [-0.15, -0.1) is 0 Å². The van der Waals surface area contributed by atoms with Crippen molar-refractivity contribution in [2.75, 3.05) is 17.2 Å². The van der Waals surface area contributed by atoms with Crippen molar-refractivity contribution in [1.82, 2.24) is 14.9 Å². The second-order valence-corrected chi connectivity index (χ2v) is 7.28. The van der Waals surface area contributed by atoms with Crippen molar-refractivity contribution >= 4 is 34.5 Å². The molecule has 4 rings (SSSR count). The van der Waals surface area contributed by atoms with Crippen LogP contribution >= 0.6 is 0 Å². The molecule has 0 aliphatic carbocycles. The number of benzene rings is 2. The molecule has 1 atom stereocenters. The van der Waals surface area contributed by atoms with E-state index in [1.165, 1.54) is 0 Å². The number of imidazole rings is 1.